The summed E-state index contributed by atoms with van der Waals surface area (Å²) in [6.07, 6.45) is 6.56. The predicted octanol–water partition coefficient (Wildman–Crippen LogP) is 3.49. The lowest BCUT2D eigenvalue weighted by Gasteiger charge is -2.09. The summed E-state index contributed by atoms with van der Waals surface area (Å²) in [6.45, 7) is 6.92. The van der Waals surface area contributed by atoms with Crippen LogP contribution in [0.3, 0.4) is 0 Å². The first-order chi connectivity index (χ1) is 8.38. The van der Waals surface area contributed by atoms with Gasteiger partial charge in [0.2, 0.25) is 0 Å². The summed E-state index contributed by atoms with van der Waals surface area (Å²) in [6, 6.07) is 8.12. The Bertz CT molecular complexity index is 333. The summed E-state index contributed by atoms with van der Waals surface area (Å²) < 4.78 is 5.76. The van der Waals surface area contributed by atoms with Gasteiger partial charge in [-0.1, -0.05) is 43.7 Å². The molecule has 0 saturated heterocycles. The van der Waals surface area contributed by atoms with Crippen molar-refractivity contribution in [3.8, 4) is 5.75 Å². The fraction of sp³-hybridized carbons (Fsp3) is 0.467. The number of hydrogen-bond acceptors (Lipinski definition) is 2. The molecule has 94 valence electrons. The topological polar surface area (TPSA) is 21.3 Å². The highest BCUT2D eigenvalue weighted by Gasteiger charge is 1.98. The Kier molecular flexibility index (Phi) is 7.15. The third kappa shape index (κ3) is 5.55. The maximum Gasteiger partial charge on any atom is 0.126 e. The van der Waals surface area contributed by atoms with Crippen LogP contribution in [0.4, 0.5) is 0 Å². The molecule has 0 aliphatic carbocycles. The summed E-state index contributed by atoms with van der Waals surface area (Å²) in [5.41, 5.74) is 1.14. The van der Waals surface area contributed by atoms with Crippen LogP contribution in [0.15, 0.2) is 30.3 Å². The van der Waals surface area contributed by atoms with Crippen molar-refractivity contribution in [1.82, 2.24) is 5.32 Å². The normalized spacial score (nSPS) is 10.9. The standard InChI is InChI=1S/C15H23NO/c1-3-5-11-16-12-13-17-15-10-7-6-9-14(15)8-4-2/h4,6-10,16H,3,5,11-13H2,1-2H3. The zero-order chi connectivity index (χ0) is 12.3. The molecule has 2 nitrogen and oxygen atoms in total. The predicted molar refractivity (Wildman–Crippen MR) is 74.4 cm³/mol. The number of para-hydroxylation sites is 1. The van der Waals surface area contributed by atoms with E-state index >= 15 is 0 Å². The third-order valence-corrected chi connectivity index (χ3v) is 2.51. The molecule has 0 atom stereocenters. The molecule has 0 unspecified atom stereocenters. The van der Waals surface area contributed by atoms with Crippen LogP contribution in [-0.4, -0.2) is 19.7 Å². The van der Waals surface area contributed by atoms with E-state index in [4.69, 9.17) is 4.74 Å². The van der Waals surface area contributed by atoms with E-state index in [0.717, 1.165) is 31.0 Å². The van der Waals surface area contributed by atoms with Crippen LogP contribution in [0.1, 0.15) is 32.3 Å². The first-order valence-corrected chi connectivity index (χ1v) is 6.43. The molecule has 0 fully saturated rings. The highest BCUT2D eigenvalue weighted by atomic mass is 16.5. The molecule has 0 heterocycles. The van der Waals surface area contributed by atoms with Gasteiger partial charge < -0.3 is 10.1 Å². The van der Waals surface area contributed by atoms with Crippen LogP contribution < -0.4 is 10.1 Å². The van der Waals surface area contributed by atoms with Gasteiger partial charge in [0, 0.05) is 12.1 Å². The van der Waals surface area contributed by atoms with Gasteiger partial charge in [-0.05, 0) is 26.0 Å². The molecule has 0 aliphatic heterocycles. The van der Waals surface area contributed by atoms with Crippen molar-refractivity contribution in [2.24, 2.45) is 0 Å². The summed E-state index contributed by atoms with van der Waals surface area (Å²) >= 11 is 0. The van der Waals surface area contributed by atoms with Crippen LogP contribution in [0, 0.1) is 0 Å². The van der Waals surface area contributed by atoms with Crippen molar-refractivity contribution < 1.29 is 4.74 Å². The van der Waals surface area contributed by atoms with Gasteiger partial charge in [0.25, 0.3) is 0 Å². The second kappa shape index (κ2) is 8.82. The average molecular weight is 233 g/mol. The molecule has 2 heteroatoms. The molecule has 0 radical (unpaired) electrons. The highest BCUT2D eigenvalue weighted by Crippen LogP contribution is 2.18. The highest BCUT2D eigenvalue weighted by molar-refractivity contribution is 5.56. The number of rotatable bonds is 8. The van der Waals surface area contributed by atoms with Crippen LogP contribution in [0.5, 0.6) is 5.75 Å². The molecule has 0 aliphatic rings. The maximum atomic E-state index is 5.76. The zero-order valence-corrected chi connectivity index (χ0v) is 10.9. The van der Waals surface area contributed by atoms with Crippen molar-refractivity contribution in [3.05, 3.63) is 35.9 Å². The van der Waals surface area contributed by atoms with E-state index < -0.39 is 0 Å². The Morgan fingerprint density at radius 2 is 2.06 bits per heavy atom. The van der Waals surface area contributed by atoms with Crippen LogP contribution in [-0.2, 0) is 0 Å². The van der Waals surface area contributed by atoms with Crippen molar-refractivity contribution in [2.45, 2.75) is 26.7 Å². The molecule has 0 aromatic heterocycles. The lowest BCUT2D eigenvalue weighted by Crippen LogP contribution is -2.22. The molecule has 0 bridgehead atoms. The summed E-state index contributed by atoms with van der Waals surface area (Å²) in [5.74, 6) is 0.961. The van der Waals surface area contributed by atoms with E-state index in [9.17, 15) is 0 Å². The lowest BCUT2D eigenvalue weighted by molar-refractivity contribution is 0.313. The zero-order valence-electron chi connectivity index (χ0n) is 10.9. The quantitative estimate of drug-likeness (QED) is 0.694. The van der Waals surface area contributed by atoms with Crippen molar-refractivity contribution in [3.63, 3.8) is 0 Å². The number of nitrogens with one attached hydrogen (secondary N) is 1. The monoisotopic (exact) mass is 233 g/mol. The van der Waals surface area contributed by atoms with E-state index in [1.54, 1.807) is 0 Å². The minimum Gasteiger partial charge on any atom is -0.492 e. The van der Waals surface area contributed by atoms with Gasteiger partial charge in [0.1, 0.15) is 12.4 Å². The van der Waals surface area contributed by atoms with Gasteiger partial charge in [0.15, 0.2) is 0 Å². The maximum absolute atomic E-state index is 5.76. The van der Waals surface area contributed by atoms with Gasteiger partial charge in [0.05, 0.1) is 0 Å². The number of ether oxygens (including phenoxy) is 1. The van der Waals surface area contributed by atoms with Gasteiger partial charge in [-0.25, -0.2) is 0 Å². The molecule has 17 heavy (non-hydrogen) atoms. The lowest BCUT2D eigenvalue weighted by atomic mass is 10.2. The first-order valence-electron chi connectivity index (χ1n) is 6.43. The Hall–Kier alpha value is -1.28. The largest absolute Gasteiger partial charge is 0.492 e. The van der Waals surface area contributed by atoms with E-state index in [0.29, 0.717) is 0 Å². The van der Waals surface area contributed by atoms with Crippen LogP contribution in [0.2, 0.25) is 0 Å². The minimum atomic E-state index is 0.721. The van der Waals surface area contributed by atoms with E-state index in [2.05, 4.69) is 24.4 Å². The second-order valence-corrected chi connectivity index (χ2v) is 3.99. The Labute approximate surface area is 105 Å². The molecule has 1 N–H and O–H groups in total. The van der Waals surface area contributed by atoms with Crippen LogP contribution >= 0.6 is 0 Å². The van der Waals surface area contributed by atoms with Gasteiger partial charge in [-0.3, -0.25) is 0 Å². The van der Waals surface area contributed by atoms with Gasteiger partial charge in [-0.15, -0.1) is 0 Å². The van der Waals surface area contributed by atoms with Crippen molar-refractivity contribution in [2.75, 3.05) is 19.7 Å². The van der Waals surface area contributed by atoms with E-state index in [-0.39, 0.29) is 0 Å². The average Bonchev–Trinajstić information content (AvgIpc) is 2.36. The molecular weight excluding hydrogens is 210 g/mol. The summed E-state index contributed by atoms with van der Waals surface area (Å²) in [4.78, 5) is 0. The number of allylic oxidation sites excluding steroid dienone is 1. The fourth-order valence-electron chi connectivity index (χ4n) is 1.59. The van der Waals surface area contributed by atoms with Crippen molar-refractivity contribution >= 4 is 6.08 Å². The Balaban J connectivity index is 2.31. The van der Waals surface area contributed by atoms with Gasteiger partial charge in [-0.2, -0.15) is 0 Å². The molecule has 0 amide bonds. The fourth-order valence-corrected chi connectivity index (χ4v) is 1.59. The summed E-state index contributed by atoms with van der Waals surface area (Å²) in [7, 11) is 0. The molecule has 0 saturated carbocycles. The summed E-state index contributed by atoms with van der Waals surface area (Å²) in [5, 5.41) is 3.37. The first kappa shape index (κ1) is 13.8. The molecular formula is C15H23NO. The van der Waals surface area contributed by atoms with Crippen molar-refractivity contribution in [1.29, 1.82) is 0 Å². The van der Waals surface area contributed by atoms with E-state index in [1.807, 2.05) is 31.2 Å². The van der Waals surface area contributed by atoms with Gasteiger partial charge >= 0.3 is 0 Å². The number of unbranched alkanes of at least 4 members (excludes halogenated alkanes) is 1. The third-order valence-electron chi connectivity index (χ3n) is 2.51. The Morgan fingerprint density at radius 3 is 2.82 bits per heavy atom. The Morgan fingerprint density at radius 1 is 1.24 bits per heavy atom. The number of hydrogen-bond donors (Lipinski definition) is 1. The second-order valence-electron chi connectivity index (χ2n) is 3.99. The molecule has 1 rings (SSSR count). The van der Waals surface area contributed by atoms with E-state index in [1.165, 1.54) is 12.8 Å². The van der Waals surface area contributed by atoms with Crippen LogP contribution in [0.25, 0.3) is 6.08 Å². The number of benzene rings is 1. The molecule has 1 aromatic carbocycles. The smallest absolute Gasteiger partial charge is 0.126 e. The molecule has 1 aromatic rings. The molecule has 0 spiro atoms. The SMILES string of the molecule is CC=Cc1ccccc1OCCNCCCC. The minimum absolute atomic E-state index is 0.721.